The van der Waals surface area contributed by atoms with Crippen LogP contribution in [0.15, 0.2) is 46.9 Å². The lowest BCUT2D eigenvalue weighted by atomic mass is 10.2. The first kappa shape index (κ1) is 18.2. The number of ether oxygens (including phenoxy) is 1. The van der Waals surface area contributed by atoms with Crippen molar-refractivity contribution in [2.24, 2.45) is 0 Å². The molecule has 3 rings (SSSR count). The Bertz CT molecular complexity index is 829. The number of methoxy groups -OCH3 is 1. The molecule has 1 saturated heterocycles. The maximum atomic E-state index is 13.8. The standard InChI is InChI=1S/C18H17BrFN3O3/c1-26-14-5-3-13(4-6-14)23-10-12(9-17(23)24)21-18(25)22-16-7-2-11(19)8-15(16)20/h2-8,12H,9-10H2,1H3,(H2,21,22,25). The third kappa shape index (κ3) is 4.13. The number of rotatable bonds is 4. The van der Waals surface area contributed by atoms with Crippen LogP contribution in [0.1, 0.15) is 6.42 Å². The van der Waals surface area contributed by atoms with Crippen molar-refractivity contribution in [1.29, 1.82) is 0 Å². The molecule has 1 aliphatic rings. The molecule has 3 amide bonds. The summed E-state index contributed by atoms with van der Waals surface area (Å²) < 4.78 is 19.5. The molecule has 2 aromatic carbocycles. The van der Waals surface area contributed by atoms with Crippen LogP contribution in [0.25, 0.3) is 0 Å². The Morgan fingerprint density at radius 2 is 2.00 bits per heavy atom. The topological polar surface area (TPSA) is 70.7 Å². The van der Waals surface area contributed by atoms with Gasteiger partial charge in [0.1, 0.15) is 11.6 Å². The largest absolute Gasteiger partial charge is 0.497 e. The monoisotopic (exact) mass is 421 g/mol. The zero-order valence-electron chi connectivity index (χ0n) is 14.0. The highest BCUT2D eigenvalue weighted by atomic mass is 79.9. The van der Waals surface area contributed by atoms with Gasteiger partial charge in [0.15, 0.2) is 0 Å². The highest BCUT2D eigenvalue weighted by Crippen LogP contribution is 2.24. The molecule has 1 atom stereocenters. The number of benzene rings is 2. The first-order chi connectivity index (χ1) is 12.5. The van der Waals surface area contributed by atoms with Crippen LogP contribution in [-0.2, 0) is 4.79 Å². The zero-order chi connectivity index (χ0) is 18.7. The van der Waals surface area contributed by atoms with Crippen molar-refractivity contribution in [3.8, 4) is 5.75 Å². The second-order valence-corrected chi connectivity index (χ2v) is 6.74. The van der Waals surface area contributed by atoms with E-state index in [1.54, 1.807) is 42.3 Å². The molecule has 0 saturated carbocycles. The van der Waals surface area contributed by atoms with Crippen LogP contribution in [-0.4, -0.2) is 31.6 Å². The molecule has 8 heteroatoms. The van der Waals surface area contributed by atoms with Crippen molar-refractivity contribution in [2.45, 2.75) is 12.5 Å². The van der Waals surface area contributed by atoms with Gasteiger partial charge in [0.2, 0.25) is 5.91 Å². The molecule has 1 heterocycles. The van der Waals surface area contributed by atoms with Crippen LogP contribution in [0.5, 0.6) is 5.75 Å². The number of urea groups is 1. The summed E-state index contributed by atoms with van der Waals surface area (Å²) in [6.07, 6.45) is 0.183. The lowest BCUT2D eigenvalue weighted by Gasteiger charge is -2.18. The maximum absolute atomic E-state index is 13.8. The molecule has 136 valence electrons. The van der Waals surface area contributed by atoms with Crippen LogP contribution in [0, 0.1) is 5.82 Å². The number of carbonyl (C=O) groups excluding carboxylic acids is 2. The van der Waals surface area contributed by atoms with E-state index in [2.05, 4.69) is 26.6 Å². The SMILES string of the molecule is COc1ccc(N2CC(NC(=O)Nc3ccc(Br)cc3F)CC2=O)cc1. The molecular formula is C18H17BrFN3O3. The molecule has 0 aromatic heterocycles. The van der Waals surface area contributed by atoms with Crippen LogP contribution in [0.4, 0.5) is 20.6 Å². The summed E-state index contributed by atoms with van der Waals surface area (Å²) in [5.74, 6) is 0.0677. The maximum Gasteiger partial charge on any atom is 0.319 e. The van der Waals surface area contributed by atoms with E-state index in [-0.39, 0.29) is 24.1 Å². The highest BCUT2D eigenvalue weighted by molar-refractivity contribution is 9.10. The number of hydrogen-bond acceptors (Lipinski definition) is 3. The number of halogens is 2. The number of hydrogen-bond donors (Lipinski definition) is 2. The Morgan fingerprint density at radius 1 is 1.27 bits per heavy atom. The summed E-state index contributed by atoms with van der Waals surface area (Å²) >= 11 is 3.16. The van der Waals surface area contributed by atoms with Crippen LogP contribution in [0.3, 0.4) is 0 Å². The normalized spacial score (nSPS) is 16.5. The van der Waals surface area contributed by atoms with Gasteiger partial charge in [-0.2, -0.15) is 0 Å². The average molecular weight is 422 g/mol. The van der Waals surface area contributed by atoms with Crippen molar-refractivity contribution in [3.05, 3.63) is 52.8 Å². The summed E-state index contributed by atoms with van der Waals surface area (Å²) in [6.45, 7) is 0.349. The molecule has 6 nitrogen and oxygen atoms in total. The Kier molecular flexibility index (Phi) is 5.41. The molecular weight excluding hydrogens is 405 g/mol. The van der Waals surface area contributed by atoms with E-state index < -0.39 is 11.8 Å². The van der Waals surface area contributed by atoms with E-state index in [0.29, 0.717) is 16.8 Å². The van der Waals surface area contributed by atoms with Crippen LogP contribution < -0.4 is 20.3 Å². The van der Waals surface area contributed by atoms with Crippen molar-refractivity contribution in [2.75, 3.05) is 23.9 Å². The molecule has 0 bridgehead atoms. The van der Waals surface area contributed by atoms with Gasteiger partial charge < -0.3 is 20.3 Å². The first-order valence-corrected chi connectivity index (χ1v) is 8.72. The predicted molar refractivity (Wildman–Crippen MR) is 100 cm³/mol. The summed E-state index contributed by atoms with van der Waals surface area (Å²) in [4.78, 5) is 25.9. The van der Waals surface area contributed by atoms with Gasteiger partial charge in [-0.1, -0.05) is 15.9 Å². The van der Waals surface area contributed by atoms with Gasteiger partial charge in [-0.25, -0.2) is 9.18 Å². The molecule has 1 aliphatic heterocycles. The van der Waals surface area contributed by atoms with Gasteiger partial charge in [-0.05, 0) is 42.5 Å². The molecule has 0 aliphatic carbocycles. The summed E-state index contributed by atoms with van der Waals surface area (Å²) in [5, 5.41) is 5.16. The Hall–Kier alpha value is -2.61. The smallest absolute Gasteiger partial charge is 0.319 e. The fourth-order valence-corrected chi connectivity index (χ4v) is 3.08. The van der Waals surface area contributed by atoms with Crippen molar-refractivity contribution < 1.29 is 18.7 Å². The molecule has 26 heavy (non-hydrogen) atoms. The number of amides is 3. The minimum atomic E-state index is -0.555. The third-order valence-electron chi connectivity index (χ3n) is 4.02. The van der Waals surface area contributed by atoms with Crippen LogP contribution >= 0.6 is 15.9 Å². The molecule has 0 spiro atoms. The fraction of sp³-hybridized carbons (Fsp3) is 0.222. The Morgan fingerprint density at radius 3 is 2.65 bits per heavy atom. The minimum Gasteiger partial charge on any atom is -0.497 e. The molecule has 2 aromatic rings. The Labute approximate surface area is 158 Å². The average Bonchev–Trinajstić information content (AvgIpc) is 2.97. The van der Waals surface area contributed by atoms with E-state index in [1.165, 1.54) is 12.1 Å². The number of anilines is 2. The van der Waals surface area contributed by atoms with Gasteiger partial charge in [0, 0.05) is 23.1 Å². The summed E-state index contributed by atoms with van der Waals surface area (Å²) in [5.41, 5.74) is 0.807. The second kappa shape index (κ2) is 7.74. The first-order valence-electron chi connectivity index (χ1n) is 7.93. The van der Waals surface area contributed by atoms with E-state index >= 15 is 0 Å². The number of nitrogens with one attached hydrogen (secondary N) is 2. The second-order valence-electron chi connectivity index (χ2n) is 5.83. The molecule has 2 N–H and O–H groups in total. The van der Waals surface area contributed by atoms with Crippen molar-refractivity contribution >= 4 is 39.2 Å². The molecule has 1 fully saturated rings. The molecule has 1 unspecified atom stereocenters. The number of nitrogens with zero attached hydrogens (tertiary/aromatic N) is 1. The van der Waals surface area contributed by atoms with E-state index in [0.717, 1.165) is 5.69 Å². The van der Waals surface area contributed by atoms with Crippen LogP contribution in [0.2, 0.25) is 0 Å². The van der Waals surface area contributed by atoms with E-state index in [1.807, 2.05) is 0 Å². The lowest BCUT2D eigenvalue weighted by molar-refractivity contribution is -0.117. The lowest BCUT2D eigenvalue weighted by Crippen LogP contribution is -2.39. The highest BCUT2D eigenvalue weighted by Gasteiger charge is 2.31. The minimum absolute atomic E-state index is 0.0713. The Balaban J connectivity index is 1.60. The van der Waals surface area contributed by atoms with Gasteiger partial charge in [-0.15, -0.1) is 0 Å². The van der Waals surface area contributed by atoms with Crippen molar-refractivity contribution in [3.63, 3.8) is 0 Å². The van der Waals surface area contributed by atoms with E-state index in [9.17, 15) is 14.0 Å². The quantitative estimate of drug-likeness (QED) is 0.792. The van der Waals surface area contributed by atoms with Gasteiger partial charge in [0.05, 0.1) is 18.8 Å². The molecule has 0 radical (unpaired) electrons. The zero-order valence-corrected chi connectivity index (χ0v) is 15.5. The number of carbonyl (C=O) groups is 2. The summed E-state index contributed by atoms with van der Waals surface area (Å²) in [6, 6.07) is 10.6. The van der Waals surface area contributed by atoms with Gasteiger partial charge in [0.25, 0.3) is 0 Å². The van der Waals surface area contributed by atoms with Gasteiger partial charge in [-0.3, -0.25) is 4.79 Å². The summed E-state index contributed by atoms with van der Waals surface area (Å²) in [7, 11) is 1.57. The van der Waals surface area contributed by atoms with Crippen molar-refractivity contribution in [1.82, 2.24) is 5.32 Å². The van der Waals surface area contributed by atoms with Gasteiger partial charge >= 0.3 is 6.03 Å². The predicted octanol–water partition coefficient (Wildman–Crippen LogP) is 3.52. The fourth-order valence-electron chi connectivity index (χ4n) is 2.75. The third-order valence-corrected chi connectivity index (χ3v) is 4.52. The van der Waals surface area contributed by atoms with E-state index in [4.69, 9.17) is 4.74 Å².